The van der Waals surface area contributed by atoms with E-state index in [-0.39, 0.29) is 11.1 Å². The summed E-state index contributed by atoms with van der Waals surface area (Å²) in [6.45, 7) is 1.53. The van der Waals surface area contributed by atoms with Crippen LogP contribution in [0.4, 0.5) is 0 Å². The van der Waals surface area contributed by atoms with E-state index in [1.165, 1.54) is 19.1 Å². The second-order valence-corrected chi connectivity index (χ2v) is 6.10. The van der Waals surface area contributed by atoms with E-state index >= 15 is 0 Å². The van der Waals surface area contributed by atoms with Crippen molar-refractivity contribution in [1.82, 2.24) is 4.90 Å². The Balaban J connectivity index is 1.56. The van der Waals surface area contributed by atoms with Crippen molar-refractivity contribution in [1.29, 1.82) is 0 Å². The molecule has 128 valence electrons. The van der Waals surface area contributed by atoms with Gasteiger partial charge < -0.3 is 4.74 Å². The van der Waals surface area contributed by atoms with Crippen molar-refractivity contribution >= 4 is 28.5 Å². The molecule has 0 spiro atoms. The Morgan fingerprint density at radius 2 is 1.42 bits per heavy atom. The SMILES string of the molecule is CC(Oc1ccc2ccccc2c1)C(=O)N1C(=O)c2ccccc2C1=O. The van der Waals surface area contributed by atoms with Crippen molar-refractivity contribution in [2.45, 2.75) is 13.0 Å². The normalized spacial score (nSPS) is 14.4. The van der Waals surface area contributed by atoms with Crippen LogP contribution in [0.2, 0.25) is 0 Å². The first-order valence-corrected chi connectivity index (χ1v) is 8.23. The molecule has 1 aliphatic heterocycles. The minimum absolute atomic E-state index is 0.240. The zero-order valence-corrected chi connectivity index (χ0v) is 14.0. The summed E-state index contributed by atoms with van der Waals surface area (Å²) in [5.74, 6) is -1.39. The Morgan fingerprint density at radius 3 is 2.08 bits per heavy atom. The molecule has 0 aromatic heterocycles. The van der Waals surface area contributed by atoms with Crippen LogP contribution < -0.4 is 4.74 Å². The van der Waals surface area contributed by atoms with Gasteiger partial charge in [0.2, 0.25) is 0 Å². The number of amides is 3. The topological polar surface area (TPSA) is 63.7 Å². The third-order valence-electron chi connectivity index (χ3n) is 4.40. The minimum atomic E-state index is -0.974. The zero-order valence-electron chi connectivity index (χ0n) is 14.0. The van der Waals surface area contributed by atoms with Gasteiger partial charge in [-0.1, -0.05) is 42.5 Å². The minimum Gasteiger partial charge on any atom is -0.481 e. The largest absolute Gasteiger partial charge is 0.481 e. The Hall–Kier alpha value is -3.47. The van der Waals surface area contributed by atoms with E-state index in [2.05, 4.69) is 0 Å². The number of carbonyl (C=O) groups is 3. The summed E-state index contributed by atoms with van der Waals surface area (Å²) >= 11 is 0. The highest BCUT2D eigenvalue weighted by Gasteiger charge is 2.41. The number of nitrogens with zero attached hydrogens (tertiary/aromatic N) is 1. The molecule has 26 heavy (non-hydrogen) atoms. The molecule has 0 radical (unpaired) electrons. The van der Waals surface area contributed by atoms with Crippen LogP contribution in [0.3, 0.4) is 0 Å². The molecule has 3 amide bonds. The lowest BCUT2D eigenvalue weighted by molar-refractivity contribution is -0.132. The third-order valence-corrected chi connectivity index (χ3v) is 4.40. The smallest absolute Gasteiger partial charge is 0.277 e. The van der Waals surface area contributed by atoms with Crippen LogP contribution in [0, 0.1) is 0 Å². The van der Waals surface area contributed by atoms with Crippen molar-refractivity contribution in [2.24, 2.45) is 0 Å². The molecule has 3 aromatic rings. The zero-order chi connectivity index (χ0) is 18.3. The summed E-state index contributed by atoms with van der Waals surface area (Å²) in [6, 6.07) is 19.7. The number of imide groups is 3. The van der Waals surface area contributed by atoms with Crippen LogP contribution in [0.5, 0.6) is 5.75 Å². The predicted molar refractivity (Wildman–Crippen MR) is 96.0 cm³/mol. The van der Waals surface area contributed by atoms with Crippen molar-refractivity contribution in [3.63, 3.8) is 0 Å². The molecule has 1 heterocycles. The van der Waals surface area contributed by atoms with Crippen molar-refractivity contribution in [3.05, 3.63) is 77.9 Å². The molecular weight excluding hydrogens is 330 g/mol. The monoisotopic (exact) mass is 345 g/mol. The fourth-order valence-electron chi connectivity index (χ4n) is 3.07. The van der Waals surface area contributed by atoms with Gasteiger partial charge in [0, 0.05) is 0 Å². The maximum atomic E-state index is 12.7. The summed E-state index contributed by atoms with van der Waals surface area (Å²) < 4.78 is 5.70. The molecule has 5 heteroatoms. The van der Waals surface area contributed by atoms with Crippen molar-refractivity contribution in [3.8, 4) is 5.75 Å². The third kappa shape index (κ3) is 2.54. The number of benzene rings is 3. The van der Waals surface area contributed by atoms with Gasteiger partial charge in [-0.05, 0) is 42.0 Å². The van der Waals surface area contributed by atoms with Gasteiger partial charge >= 0.3 is 0 Å². The van der Waals surface area contributed by atoms with Crippen molar-refractivity contribution in [2.75, 3.05) is 0 Å². The number of carbonyl (C=O) groups excluding carboxylic acids is 3. The van der Waals surface area contributed by atoms with Crippen LogP contribution in [-0.4, -0.2) is 28.7 Å². The lowest BCUT2D eigenvalue weighted by atomic mass is 10.1. The molecule has 0 bridgehead atoms. The molecule has 1 aliphatic rings. The summed E-state index contributed by atoms with van der Waals surface area (Å²) in [6.07, 6.45) is -0.974. The summed E-state index contributed by atoms with van der Waals surface area (Å²) in [7, 11) is 0. The number of hydrogen-bond acceptors (Lipinski definition) is 4. The van der Waals surface area contributed by atoms with Crippen LogP contribution in [0.15, 0.2) is 66.7 Å². The van der Waals surface area contributed by atoms with Gasteiger partial charge in [0.05, 0.1) is 11.1 Å². The van der Waals surface area contributed by atoms with Gasteiger partial charge in [-0.2, -0.15) is 0 Å². The van der Waals surface area contributed by atoms with Gasteiger partial charge in [0.1, 0.15) is 5.75 Å². The predicted octanol–water partition coefficient (Wildman–Crippen LogP) is 3.43. The quantitative estimate of drug-likeness (QED) is 0.682. The second-order valence-electron chi connectivity index (χ2n) is 6.10. The van der Waals surface area contributed by atoms with Gasteiger partial charge in [-0.15, -0.1) is 0 Å². The van der Waals surface area contributed by atoms with Crippen LogP contribution in [0.25, 0.3) is 10.8 Å². The van der Waals surface area contributed by atoms with Crippen LogP contribution in [0.1, 0.15) is 27.6 Å². The first-order valence-electron chi connectivity index (χ1n) is 8.23. The summed E-state index contributed by atoms with van der Waals surface area (Å²) in [5, 5.41) is 2.03. The van der Waals surface area contributed by atoms with E-state index in [9.17, 15) is 14.4 Å². The van der Waals surface area contributed by atoms with Gasteiger partial charge in [0.15, 0.2) is 6.10 Å². The highest BCUT2D eigenvalue weighted by Crippen LogP contribution is 2.25. The fourth-order valence-corrected chi connectivity index (χ4v) is 3.07. The molecule has 4 rings (SSSR count). The highest BCUT2D eigenvalue weighted by atomic mass is 16.5. The van der Waals surface area contributed by atoms with Crippen LogP contribution >= 0.6 is 0 Å². The number of hydrogen-bond donors (Lipinski definition) is 0. The van der Waals surface area contributed by atoms with Gasteiger partial charge in [-0.25, -0.2) is 4.90 Å². The molecule has 5 nitrogen and oxygen atoms in total. The number of fused-ring (bicyclic) bond motifs is 2. The van der Waals surface area contributed by atoms with E-state index in [0.29, 0.717) is 10.6 Å². The maximum absolute atomic E-state index is 12.7. The first kappa shape index (κ1) is 16.0. The summed E-state index contributed by atoms with van der Waals surface area (Å²) in [5.41, 5.74) is 0.479. The molecule has 0 saturated carbocycles. The average molecular weight is 345 g/mol. The molecule has 0 N–H and O–H groups in total. The Bertz CT molecular complexity index is 1020. The Labute approximate surface area is 149 Å². The molecule has 0 aliphatic carbocycles. The van der Waals surface area contributed by atoms with Gasteiger partial charge in [0.25, 0.3) is 17.7 Å². The van der Waals surface area contributed by atoms with Gasteiger partial charge in [-0.3, -0.25) is 14.4 Å². The average Bonchev–Trinajstić information content (AvgIpc) is 2.92. The molecule has 3 aromatic carbocycles. The molecule has 0 fully saturated rings. The fraction of sp³-hybridized carbons (Fsp3) is 0.0952. The standard InChI is InChI=1S/C21H15NO4/c1-13(26-16-11-10-14-6-2-3-7-15(14)12-16)19(23)22-20(24)17-8-4-5-9-18(17)21(22)25/h2-13H,1H3. The Kier molecular flexibility index (Phi) is 3.77. The van der Waals surface area contributed by atoms with E-state index in [4.69, 9.17) is 4.74 Å². The van der Waals surface area contributed by atoms with E-state index in [1.54, 1.807) is 18.2 Å². The number of rotatable bonds is 3. The lowest BCUT2D eigenvalue weighted by Gasteiger charge is -2.19. The number of ether oxygens (including phenoxy) is 1. The van der Waals surface area contributed by atoms with Crippen molar-refractivity contribution < 1.29 is 19.1 Å². The second kappa shape index (κ2) is 6.11. The van der Waals surface area contributed by atoms with E-state index in [0.717, 1.165) is 10.8 Å². The molecule has 1 atom stereocenters. The van der Waals surface area contributed by atoms with Crippen LogP contribution in [-0.2, 0) is 4.79 Å². The molecular formula is C21H15NO4. The Morgan fingerprint density at radius 1 is 0.846 bits per heavy atom. The van der Waals surface area contributed by atoms with E-state index < -0.39 is 23.8 Å². The van der Waals surface area contributed by atoms with E-state index in [1.807, 2.05) is 36.4 Å². The molecule has 0 saturated heterocycles. The maximum Gasteiger partial charge on any atom is 0.277 e. The highest BCUT2D eigenvalue weighted by molar-refractivity contribution is 6.29. The summed E-state index contributed by atoms with van der Waals surface area (Å²) in [4.78, 5) is 38.1. The lowest BCUT2D eigenvalue weighted by Crippen LogP contribution is -2.43. The molecule has 1 unspecified atom stereocenters. The first-order chi connectivity index (χ1) is 12.6.